The van der Waals surface area contributed by atoms with E-state index < -0.39 is 0 Å². The van der Waals surface area contributed by atoms with Crippen molar-refractivity contribution in [3.05, 3.63) is 64.9 Å². The minimum atomic E-state index is -0.261. The molecule has 164 valence electrons. The average molecular weight is 421 g/mol. The summed E-state index contributed by atoms with van der Waals surface area (Å²) in [5, 5.41) is 22.0. The fraction of sp³-hybridized carbons (Fsp3) is 0.400. The van der Waals surface area contributed by atoms with Gasteiger partial charge in [-0.3, -0.25) is 9.79 Å². The van der Waals surface area contributed by atoms with Crippen molar-refractivity contribution >= 4 is 12.1 Å². The molecule has 1 unspecified atom stereocenters. The second kappa shape index (κ2) is 11.8. The minimum absolute atomic E-state index is 0.00444. The lowest BCUT2D eigenvalue weighted by atomic mass is 9.74. The van der Waals surface area contributed by atoms with Crippen LogP contribution in [0.1, 0.15) is 63.5 Å². The average Bonchev–Trinajstić information content (AvgIpc) is 2.73. The van der Waals surface area contributed by atoms with Crippen molar-refractivity contribution in [3.8, 4) is 11.8 Å². The quantitative estimate of drug-likeness (QED) is 0.315. The molecular weight excluding hydrogens is 388 g/mol. The van der Waals surface area contributed by atoms with E-state index >= 15 is 0 Å². The number of aromatic hydroxyl groups is 1. The molecule has 0 aromatic heterocycles. The third kappa shape index (κ3) is 6.58. The van der Waals surface area contributed by atoms with Crippen molar-refractivity contribution in [1.82, 2.24) is 5.32 Å². The van der Waals surface area contributed by atoms with Gasteiger partial charge in [0, 0.05) is 18.5 Å². The topological polar surface area (TPSA) is 112 Å². The summed E-state index contributed by atoms with van der Waals surface area (Å²) in [7, 11) is 0. The van der Waals surface area contributed by atoms with Gasteiger partial charge in [-0.25, -0.2) is 0 Å². The monoisotopic (exact) mass is 420 g/mol. The van der Waals surface area contributed by atoms with Gasteiger partial charge in [0.1, 0.15) is 5.75 Å². The van der Waals surface area contributed by atoms with Crippen molar-refractivity contribution in [2.24, 2.45) is 10.7 Å². The number of nitriles is 1. The van der Waals surface area contributed by atoms with Crippen LogP contribution in [0.2, 0.25) is 0 Å². The summed E-state index contributed by atoms with van der Waals surface area (Å²) in [5.41, 5.74) is 8.49. The van der Waals surface area contributed by atoms with Crippen LogP contribution in [0.5, 0.6) is 5.75 Å². The molecule has 1 aromatic carbocycles. The number of aliphatic imine (C=N–C) groups is 1. The number of carbonyl (C=O) groups is 1. The molecule has 0 saturated heterocycles. The first-order valence-corrected chi connectivity index (χ1v) is 10.8. The number of allylic oxidation sites excluding steroid dienone is 2. The number of hydrogen-bond donors (Lipinski definition) is 3. The predicted molar refractivity (Wildman–Crippen MR) is 125 cm³/mol. The predicted octanol–water partition coefficient (Wildman–Crippen LogP) is 4.23. The van der Waals surface area contributed by atoms with Crippen LogP contribution in [0, 0.1) is 11.3 Å². The number of hydrogen-bond acceptors (Lipinski definition) is 5. The zero-order valence-electron chi connectivity index (χ0n) is 18.5. The molecule has 1 amide bonds. The van der Waals surface area contributed by atoms with E-state index in [1.54, 1.807) is 12.1 Å². The van der Waals surface area contributed by atoms with E-state index in [4.69, 9.17) is 5.73 Å². The number of nitrogens with one attached hydrogen (secondary N) is 1. The second-order valence-corrected chi connectivity index (χ2v) is 7.72. The molecule has 2 rings (SSSR count). The third-order valence-electron chi connectivity index (χ3n) is 5.42. The van der Waals surface area contributed by atoms with Crippen LogP contribution < -0.4 is 11.1 Å². The van der Waals surface area contributed by atoms with E-state index in [-0.39, 0.29) is 29.7 Å². The Hall–Kier alpha value is -3.33. The smallest absolute Gasteiger partial charge is 0.254 e. The fourth-order valence-electron chi connectivity index (χ4n) is 3.57. The van der Waals surface area contributed by atoms with Crippen molar-refractivity contribution in [2.75, 3.05) is 0 Å². The number of benzene rings is 1. The Bertz CT molecular complexity index is 931. The second-order valence-electron chi connectivity index (χ2n) is 7.72. The molecule has 0 heterocycles. The van der Waals surface area contributed by atoms with E-state index in [9.17, 15) is 15.2 Å². The molecule has 1 fully saturated rings. The highest BCUT2D eigenvalue weighted by molar-refractivity contribution is 6.12. The maximum absolute atomic E-state index is 12.6. The largest absolute Gasteiger partial charge is 0.508 e. The molecule has 0 radical (unpaired) electrons. The first-order chi connectivity index (χ1) is 14.9. The van der Waals surface area contributed by atoms with Crippen LogP contribution in [0.3, 0.4) is 0 Å². The van der Waals surface area contributed by atoms with Crippen molar-refractivity contribution in [1.29, 1.82) is 5.26 Å². The summed E-state index contributed by atoms with van der Waals surface area (Å²) in [5.74, 6) is 0.0204. The lowest BCUT2D eigenvalue weighted by molar-refractivity contribution is -0.118. The number of amides is 1. The minimum Gasteiger partial charge on any atom is -0.508 e. The molecule has 6 heteroatoms. The van der Waals surface area contributed by atoms with Crippen LogP contribution in [0.15, 0.2) is 58.8 Å². The van der Waals surface area contributed by atoms with Gasteiger partial charge in [0.15, 0.2) is 0 Å². The van der Waals surface area contributed by atoms with E-state index in [0.29, 0.717) is 24.0 Å². The zero-order chi connectivity index (χ0) is 22.8. The standard InChI is InChI=1S/C25H32N4O2/c1-4-6-8-18(7-5-2)17(3)28-16-21(15-27)25(31)29-22-11-20(12-22)24-13-23(30)10-9-19(24)14-26/h6-10,13,15-17,20,22,30H,4-5,11-12,27H2,1-3H3,(H,29,31)/b8-6+,18-7+,21-15+,28-16?. The molecule has 31 heavy (non-hydrogen) atoms. The lowest BCUT2D eigenvalue weighted by Gasteiger charge is -2.36. The van der Waals surface area contributed by atoms with E-state index in [1.807, 2.05) is 6.92 Å². The Morgan fingerprint density at radius 3 is 2.74 bits per heavy atom. The van der Waals surface area contributed by atoms with Crippen molar-refractivity contribution in [2.45, 2.75) is 64.5 Å². The number of carbonyl (C=O) groups excluding carboxylic acids is 1. The van der Waals surface area contributed by atoms with Gasteiger partial charge in [0.05, 0.1) is 23.2 Å². The molecule has 1 aromatic rings. The molecule has 0 bridgehead atoms. The lowest BCUT2D eigenvalue weighted by Crippen LogP contribution is -2.44. The molecule has 1 saturated carbocycles. The number of phenolic OH excluding ortho intramolecular Hbond substituents is 1. The summed E-state index contributed by atoms with van der Waals surface area (Å²) in [4.78, 5) is 17.1. The Labute approximate surface area is 184 Å². The molecule has 1 atom stereocenters. The molecule has 1 aliphatic carbocycles. The van der Waals surface area contributed by atoms with Gasteiger partial charge in [0.2, 0.25) is 0 Å². The highest BCUT2D eigenvalue weighted by Gasteiger charge is 2.33. The SMILES string of the molecule is CC/C=C/C(=C\CC)C(C)N=C/C(=C\N)C(=O)NC1CC(c2cc(O)ccc2C#N)C1. The van der Waals surface area contributed by atoms with Gasteiger partial charge in [-0.05, 0) is 67.9 Å². The third-order valence-corrected chi connectivity index (χ3v) is 5.42. The summed E-state index contributed by atoms with van der Waals surface area (Å²) >= 11 is 0. The Balaban J connectivity index is 1.95. The van der Waals surface area contributed by atoms with Gasteiger partial charge in [-0.2, -0.15) is 5.26 Å². The molecular formula is C25H32N4O2. The normalized spacial score (nSPS) is 20.5. The Morgan fingerprint density at radius 1 is 1.39 bits per heavy atom. The first kappa shape index (κ1) is 23.9. The Morgan fingerprint density at radius 2 is 2.13 bits per heavy atom. The van der Waals surface area contributed by atoms with Gasteiger partial charge in [-0.15, -0.1) is 0 Å². The highest BCUT2D eigenvalue weighted by atomic mass is 16.3. The van der Waals surface area contributed by atoms with E-state index in [0.717, 1.165) is 24.0 Å². The summed E-state index contributed by atoms with van der Waals surface area (Å²) in [6.45, 7) is 6.15. The highest BCUT2D eigenvalue weighted by Crippen LogP contribution is 2.39. The van der Waals surface area contributed by atoms with E-state index in [2.05, 4.69) is 48.5 Å². The summed E-state index contributed by atoms with van der Waals surface area (Å²) < 4.78 is 0. The van der Waals surface area contributed by atoms with Crippen LogP contribution in [-0.2, 0) is 4.79 Å². The summed E-state index contributed by atoms with van der Waals surface area (Å²) in [6.07, 6.45) is 12.4. The molecule has 1 aliphatic rings. The Kier molecular flexibility index (Phi) is 9.08. The first-order valence-electron chi connectivity index (χ1n) is 10.8. The van der Waals surface area contributed by atoms with Gasteiger partial charge >= 0.3 is 0 Å². The maximum atomic E-state index is 12.6. The number of nitrogens with zero attached hydrogens (tertiary/aromatic N) is 2. The molecule has 0 spiro atoms. The van der Waals surface area contributed by atoms with Gasteiger partial charge in [-0.1, -0.05) is 32.1 Å². The van der Waals surface area contributed by atoms with Crippen LogP contribution in [0.25, 0.3) is 0 Å². The zero-order valence-corrected chi connectivity index (χ0v) is 18.5. The van der Waals surface area contributed by atoms with Crippen molar-refractivity contribution in [3.63, 3.8) is 0 Å². The number of nitrogens with two attached hydrogens (primary N) is 1. The van der Waals surface area contributed by atoms with Crippen LogP contribution in [-0.4, -0.2) is 29.3 Å². The molecule has 4 N–H and O–H groups in total. The van der Waals surface area contributed by atoms with Gasteiger partial charge < -0.3 is 16.2 Å². The van der Waals surface area contributed by atoms with E-state index in [1.165, 1.54) is 18.5 Å². The molecule has 6 nitrogen and oxygen atoms in total. The number of rotatable bonds is 9. The van der Waals surface area contributed by atoms with Gasteiger partial charge in [0.25, 0.3) is 5.91 Å². The van der Waals surface area contributed by atoms with Crippen LogP contribution in [0.4, 0.5) is 0 Å². The van der Waals surface area contributed by atoms with Crippen molar-refractivity contribution < 1.29 is 9.90 Å². The fourth-order valence-corrected chi connectivity index (χ4v) is 3.57. The number of phenols is 1. The summed E-state index contributed by atoms with van der Waals surface area (Å²) in [6, 6.07) is 6.85. The maximum Gasteiger partial charge on any atom is 0.254 e. The van der Waals surface area contributed by atoms with Crippen LogP contribution >= 0.6 is 0 Å². The molecule has 0 aliphatic heterocycles.